The van der Waals surface area contributed by atoms with Gasteiger partial charge < -0.3 is 0 Å². The average molecular weight is 571 g/mol. The van der Waals surface area contributed by atoms with Crippen LogP contribution in [0, 0.1) is 53.3 Å². The molecule has 2 aromatic rings. The first-order valence-electron chi connectivity index (χ1n) is 17.5. The zero-order chi connectivity index (χ0) is 27.3. The van der Waals surface area contributed by atoms with E-state index < -0.39 is 8.07 Å². The van der Waals surface area contributed by atoms with Crippen molar-refractivity contribution in [3.8, 4) is 0 Å². The molecule has 2 heteroatoms. The van der Waals surface area contributed by atoms with Gasteiger partial charge in [-0.1, -0.05) is 102 Å². The molecule has 5 aliphatic carbocycles. The van der Waals surface area contributed by atoms with E-state index >= 15 is 0 Å². The van der Waals surface area contributed by atoms with E-state index in [9.17, 15) is 0 Å². The minimum Gasteiger partial charge on any atom is -0.154 e. The summed E-state index contributed by atoms with van der Waals surface area (Å²) < 4.78 is 0. The Labute approximate surface area is 250 Å². The Morgan fingerprint density at radius 1 is 0.700 bits per heavy atom. The van der Waals surface area contributed by atoms with Crippen LogP contribution >= 0.6 is 11.8 Å². The fourth-order valence-corrected chi connectivity index (χ4v) is 22.6. The van der Waals surface area contributed by atoms with E-state index in [0.717, 1.165) is 80.8 Å². The number of thioether (sulfide) groups is 1. The minimum atomic E-state index is -1.52. The Bertz CT molecular complexity index is 1240. The molecule has 0 N–H and O–H groups in total. The summed E-state index contributed by atoms with van der Waals surface area (Å²) in [6, 6.07) is 16.7. The van der Waals surface area contributed by atoms with Crippen molar-refractivity contribution in [3.05, 3.63) is 48.0 Å². The fourth-order valence-electron chi connectivity index (χ4n) is 13.5. The second-order valence-electron chi connectivity index (χ2n) is 16.5. The number of benzene rings is 2. The van der Waals surface area contributed by atoms with Crippen molar-refractivity contribution in [1.29, 1.82) is 0 Å². The zero-order valence-electron chi connectivity index (χ0n) is 25.9. The van der Waals surface area contributed by atoms with Crippen LogP contribution in [-0.2, 0) is 0 Å². The first-order chi connectivity index (χ1) is 19.4. The predicted molar refractivity (Wildman–Crippen MR) is 177 cm³/mol. The van der Waals surface area contributed by atoms with E-state index in [4.69, 9.17) is 0 Å². The molecule has 6 aliphatic rings. The standard InChI is InChI=1S/C38H54SSi/c1-22-20-31-32(21-26-14-11-17-28(26)34(31)29-18-10-13-25-12-6-7-15-27(25)29)37(22)40(4,5)38-24(3)23(2)36-35(38)30-16-8-9-19-33(30)39-36/h6-7,10,12-13,15,18,22-24,26,28,30-38H,8-9,11,14,16-17,19-21H2,1-5H3. The van der Waals surface area contributed by atoms with Crippen LogP contribution in [-0.4, -0.2) is 18.6 Å². The van der Waals surface area contributed by atoms with Gasteiger partial charge >= 0.3 is 0 Å². The predicted octanol–water partition coefficient (Wildman–Crippen LogP) is 11.0. The van der Waals surface area contributed by atoms with E-state index in [1.807, 2.05) is 0 Å². The molecule has 1 aliphatic heterocycles. The lowest BCUT2D eigenvalue weighted by molar-refractivity contribution is 0.121. The molecule has 40 heavy (non-hydrogen) atoms. The Kier molecular flexibility index (Phi) is 6.65. The fraction of sp³-hybridized carbons (Fsp3) is 0.737. The lowest BCUT2D eigenvalue weighted by atomic mass is 9.61. The highest BCUT2D eigenvalue weighted by Crippen LogP contribution is 2.71. The van der Waals surface area contributed by atoms with Crippen LogP contribution in [0.2, 0.25) is 24.2 Å². The van der Waals surface area contributed by atoms with Gasteiger partial charge in [-0.2, -0.15) is 11.8 Å². The van der Waals surface area contributed by atoms with Crippen molar-refractivity contribution in [2.24, 2.45) is 53.3 Å². The highest BCUT2D eigenvalue weighted by molar-refractivity contribution is 8.00. The van der Waals surface area contributed by atoms with E-state index in [1.165, 1.54) is 50.3 Å². The highest BCUT2D eigenvalue weighted by Gasteiger charge is 2.65. The molecule has 0 amide bonds. The van der Waals surface area contributed by atoms with Crippen molar-refractivity contribution < 1.29 is 0 Å². The summed E-state index contributed by atoms with van der Waals surface area (Å²) in [4.78, 5) is 0. The van der Waals surface area contributed by atoms with Crippen molar-refractivity contribution in [1.82, 2.24) is 0 Å². The summed E-state index contributed by atoms with van der Waals surface area (Å²) in [5.74, 6) is 9.51. The Hall–Kier alpha value is -0.733. The lowest BCUT2D eigenvalue weighted by Gasteiger charge is -2.51. The molecule has 14 unspecified atom stereocenters. The molecule has 2 aromatic carbocycles. The second-order valence-corrected chi connectivity index (χ2v) is 22.9. The first-order valence-corrected chi connectivity index (χ1v) is 21.6. The molecule has 0 bridgehead atoms. The molecule has 14 atom stereocenters. The SMILES string of the molecule is CC1CC2C(CC3CCCC3C2c2cccc3ccccc23)C1[Si](C)(C)C1C(C)C(C)C2SC3CCCCC3C21. The minimum absolute atomic E-state index is 0.798. The third-order valence-electron chi connectivity index (χ3n) is 14.7. The molecule has 0 nitrogen and oxygen atoms in total. The van der Waals surface area contributed by atoms with E-state index in [-0.39, 0.29) is 0 Å². The van der Waals surface area contributed by atoms with Gasteiger partial charge in [-0.15, -0.1) is 0 Å². The molecule has 216 valence electrons. The third-order valence-corrected chi connectivity index (χ3v) is 22.0. The van der Waals surface area contributed by atoms with Gasteiger partial charge in [-0.25, -0.2) is 0 Å². The maximum Gasteiger partial charge on any atom is 0.0547 e. The first kappa shape index (κ1) is 26.9. The topological polar surface area (TPSA) is 0 Å². The van der Waals surface area contributed by atoms with Crippen molar-refractivity contribution in [2.75, 3.05) is 0 Å². The largest absolute Gasteiger partial charge is 0.154 e. The van der Waals surface area contributed by atoms with Gasteiger partial charge in [-0.3, -0.25) is 0 Å². The molecule has 0 aromatic heterocycles. The summed E-state index contributed by atoms with van der Waals surface area (Å²) in [5, 5.41) is 5.02. The number of fused-ring (bicyclic) bond motifs is 6. The van der Waals surface area contributed by atoms with Gasteiger partial charge in [0, 0.05) is 10.5 Å². The van der Waals surface area contributed by atoms with Crippen molar-refractivity contribution >= 4 is 30.6 Å². The normalized spacial score (nSPS) is 48.1. The molecule has 0 radical (unpaired) electrons. The van der Waals surface area contributed by atoms with Crippen LogP contribution < -0.4 is 0 Å². The zero-order valence-corrected chi connectivity index (χ0v) is 27.7. The van der Waals surface area contributed by atoms with Gasteiger partial charge in [0.05, 0.1) is 8.07 Å². The van der Waals surface area contributed by atoms with Crippen LogP contribution in [0.1, 0.15) is 90.0 Å². The average Bonchev–Trinajstić information content (AvgIpc) is 3.70. The van der Waals surface area contributed by atoms with Gasteiger partial charge in [0.25, 0.3) is 0 Å². The van der Waals surface area contributed by atoms with Crippen LogP contribution in [0.5, 0.6) is 0 Å². The van der Waals surface area contributed by atoms with Gasteiger partial charge in [0.15, 0.2) is 0 Å². The van der Waals surface area contributed by atoms with E-state index in [1.54, 1.807) is 23.8 Å². The van der Waals surface area contributed by atoms with Crippen LogP contribution in [0.15, 0.2) is 42.5 Å². The van der Waals surface area contributed by atoms with E-state index in [0.29, 0.717) is 0 Å². The van der Waals surface area contributed by atoms with E-state index in [2.05, 4.69) is 88.1 Å². The quantitative estimate of drug-likeness (QED) is 0.331. The lowest BCUT2D eigenvalue weighted by Crippen LogP contribution is -2.49. The highest BCUT2D eigenvalue weighted by atomic mass is 32.2. The second kappa shape index (κ2) is 9.90. The third kappa shape index (κ3) is 3.82. The summed E-state index contributed by atoms with van der Waals surface area (Å²) in [7, 11) is -1.52. The molecular weight excluding hydrogens is 517 g/mol. The summed E-state index contributed by atoms with van der Waals surface area (Å²) in [6.07, 6.45) is 13.7. The maximum atomic E-state index is 2.95. The Morgan fingerprint density at radius 3 is 2.35 bits per heavy atom. The number of hydrogen-bond acceptors (Lipinski definition) is 1. The maximum absolute atomic E-state index is 2.95. The number of hydrogen-bond donors (Lipinski definition) is 0. The van der Waals surface area contributed by atoms with Gasteiger partial charge in [0.1, 0.15) is 0 Å². The summed E-state index contributed by atoms with van der Waals surface area (Å²) in [5.41, 5.74) is 3.82. The van der Waals surface area contributed by atoms with Crippen LogP contribution in [0.3, 0.4) is 0 Å². The molecular formula is C38H54SSi. The number of rotatable bonds is 3. The Balaban J connectivity index is 1.18. The van der Waals surface area contributed by atoms with Crippen LogP contribution in [0.4, 0.5) is 0 Å². The van der Waals surface area contributed by atoms with Crippen molar-refractivity contribution in [3.63, 3.8) is 0 Å². The molecule has 0 spiro atoms. The molecule has 8 rings (SSSR count). The smallest absolute Gasteiger partial charge is 0.0547 e. The summed E-state index contributed by atoms with van der Waals surface area (Å²) in [6.45, 7) is 14.0. The molecule has 1 saturated heterocycles. The molecule has 5 saturated carbocycles. The molecule has 6 fully saturated rings. The van der Waals surface area contributed by atoms with Gasteiger partial charge in [0.2, 0.25) is 0 Å². The molecule has 1 heterocycles. The van der Waals surface area contributed by atoms with Crippen LogP contribution in [0.25, 0.3) is 10.8 Å². The monoisotopic (exact) mass is 570 g/mol. The Morgan fingerprint density at radius 2 is 1.48 bits per heavy atom. The van der Waals surface area contributed by atoms with Crippen molar-refractivity contribution in [2.45, 2.75) is 119 Å². The van der Waals surface area contributed by atoms with Gasteiger partial charge in [-0.05, 0) is 119 Å². The summed E-state index contributed by atoms with van der Waals surface area (Å²) >= 11 is 2.50.